The lowest BCUT2D eigenvalue weighted by Gasteiger charge is -2.18. The van der Waals surface area contributed by atoms with Crippen molar-refractivity contribution in [1.29, 1.82) is 0 Å². The lowest BCUT2D eigenvalue weighted by atomic mass is 9.97. The van der Waals surface area contributed by atoms with Crippen LogP contribution in [0.15, 0.2) is 35.4 Å². The van der Waals surface area contributed by atoms with Crippen LogP contribution in [0.4, 0.5) is 5.69 Å². The number of nitrogens with zero attached hydrogens (tertiary/aromatic N) is 2. The number of fused-ring (bicyclic) bond motifs is 1. The number of anilines is 1. The molecule has 1 saturated heterocycles. The number of hydrogen-bond acceptors (Lipinski definition) is 3. The van der Waals surface area contributed by atoms with Gasteiger partial charge in [-0.1, -0.05) is 18.2 Å². The largest absolute Gasteiger partial charge is 0.315 e. The minimum Gasteiger partial charge on any atom is -0.315 e. The van der Waals surface area contributed by atoms with Gasteiger partial charge in [0.15, 0.2) is 0 Å². The predicted octanol–water partition coefficient (Wildman–Crippen LogP) is 0.999. The normalized spacial score (nSPS) is 24.2. The van der Waals surface area contributed by atoms with Crippen LogP contribution in [0.2, 0.25) is 0 Å². The Hall–Kier alpha value is -1.68. The lowest BCUT2D eigenvalue weighted by molar-refractivity contribution is -0.119. The molecule has 2 aliphatic heterocycles. The Morgan fingerprint density at radius 2 is 2.12 bits per heavy atom. The topological polar surface area (TPSA) is 44.7 Å². The first-order valence-corrected chi connectivity index (χ1v) is 5.53. The number of benzene rings is 1. The van der Waals surface area contributed by atoms with Crippen LogP contribution in [-0.4, -0.2) is 24.7 Å². The first-order valence-electron chi connectivity index (χ1n) is 5.53. The third-order valence-electron chi connectivity index (χ3n) is 3.04. The maximum Gasteiger partial charge on any atom is 0.257 e. The number of carbonyl (C=O) groups is 1. The van der Waals surface area contributed by atoms with Crippen LogP contribution in [0.5, 0.6) is 0 Å². The molecule has 1 aromatic rings. The minimum atomic E-state index is -0.0473. The summed E-state index contributed by atoms with van der Waals surface area (Å²) in [5, 5.41) is 9.19. The molecule has 1 atom stereocenters. The van der Waals surface area contributed by atoms with Crippen LogP contribution in [0.25, 0.3) is 0 Å². The zero-order valence-electron chi connectivity index (χ0n) is 8.89. The van der Waals surface area contributed by atoms with Gasteiger partial charge in [0.05, 0.1) is 17.3 Å². The molecule has 0 spiro atoms. The highest BCUT2D eigenvalue weighted by molar-refractivity contribution is 6.16. The molecule has 1 N–H and O–H groups in total. The fourth-order valence-electron chi connectivity index (χ4n) is 2.18. The maximum atomic E-state index is 12.1. The van der Waals surface area contributed by atoms with Crippen molar-refractivity contribution >= 4 is 17.3 Å². The van der Waals surface area contributed by atoms with Gasteiger partial charge >= 0.3 is 0 Å². The SMILES string of the molecule is O=C1C2CNCCC2=NN1c1ccccc1. The second kappa shape index (κ2) is 3.72. The molecule has 4 nitrogen and oxygen atoms in total. The van der Waals surface area contributed by atoms with E-state index in [-0.39, 0.29) is 11.8 Å². The van der Waals surface area contributed by atoms with Crippen LogP contribution in [-0.2, 0) is 4.79 Å². The number of carbonyl (C=O) groups excluding carboxylic acids is 1. The summed E-state index contributed by atoms with van der Waals surface area (Å²) in [6.07, 6.45) is 0.875. The smallest absolute Gasteiger partial charge is 0.257 e. The fourth-order valence-corrected chi connectivity index (χ4v) is 2.18. The van der Waals surface area contributed by atoms with E-state index in [4.69, 9.17) is 0 Å². The van der Waals surface area contributed by atoms with Gasteiger partial charge in [-0.15, -0.1) is 0 Å². The van der Waals surface area contributed by atoms with Crippen molar-refractivity contribution in [3.63, 3.8) is 0 Å². The van der Waals surface area contributed by atoms with Crippen LogP contribution in [0, 0.1) is 5.92 Å². The van der Waals surface area contributed by atoms with Gasteiger partial charge in [-0.3, -0.25) is 4.79 Å². The molecule has 1 fully saturated rings. The van der Waals surface area contributed by atoms with Crippen molar-refractivity contribution in [2.75, 3.05) is 18.1 Å². The molecule has 2 aliphatic rings. The standard InChI is InChI=1S/C12H13N3O/c16-12-10-8-13-7-6-11(10)14-15(12)9-4-2-1-3-5-9/h1-5,10,13H,6-8H2. The monoisotopic (exact) mass is 215 g/mol. The molecule has 3 rings (SSSR count). The van der Waals surface area contributed by atoms with Crippen LogP contribution >= 0.6 is 0 Å². The average Bonchev–Trinajstić information content (AvgIpc) is 2.69. The van der Waals surface area contributed by atoms with Gasteiger partial charge in [0.2, 0.25) is 0 Å². The number of rotatable bonds is 1. The summed E-state index contributed by atoms with van der Waals surface area (Å²) < 4.78 is 0. The predicted molar refractivity (Wildman–Crippen MR) is 62.3 cm³/mol. The van der Waals surface area contributed by atoms with Crippen LogP contribution in [0.1, 0.15) is 6.42 Å². The van der Waals surface area contributed by atoms with Crippen molar-refractivity contribution in [3.8, 4) is 0 Å². The molecule has 16 heavy (non-hydrogen) atoms. The molecule has 4 heteroatoms. The molecule has 2 heterocycles. The van der Waals surface area contributed by atoms with E-state index in [9.17, 15) is 4.79 Å². The molecule has 0 bridgehead atoms. The van der Waals surface area contributed by atoms with E-state index in [1.807, 2.05) is 30.3 Å². The molecule has 0 radical (unpaired) electrons. The summed E-state index contributed by atoms with van der Waals surface area (Å²) in [5.74, 6) is 0.0438. The maximum absolute atomic E-state index is 12.1. The van der Waals surface area contributed by atoms with Gasteiger partial charge < -0.3 is 5.32 Å². The Bertz CT molecular complexity index is 441. The average molecular weight is 215 g/mol. The third kappa shape index (κ3) is 1.42. The first kappa shape index (κ1) is 9.54. The van der Waals surface area contributed by atoms with E-state index >= 15 is 0 Å². The van der Waals surface area contributed by atoms with Crippen molar-refractivity contribution in [2.45, 2.75) is 6.42 Å². The Balaban J connectivity index is 1.93. The van der Waals surface area contributed by atoms with E-state index in [1.165, 1.54) is 5.01 Å². The second-order valence-corrected chi connectivity index (χ2v) is 4.08. The first-order chi connectivity index (χ1) is 7.86. The van der Waals surface area contributed by atoms with E-state index in [0.717, 1.165) is 30.9 Å². The van der Waals surface area contributed by atoms with Crippen LogP contribution < -0.4 is 10.3 Å². The Labute approximate surface area is 93.9 Å². The summed E-state index contributed by atoms with van der Waals surface area (Å²) in [6, 6.07) is 9.59. The molecule has 0 aliphatic carbocycles. The number of nitrogens with one attached hydrogen (secondary N) is 1. The van der Waals surface area contributed by atoms with Crippen molar-refractivity contribution in [2.24, 2.45) is 11.0 Å². The second-order valence-electron chi connectivity index (χ2n) is 4.08. The highest BCUT2D eigenvalue weighted by Gasteiger charge is 2.37. The summed E-state index contributed by atoms with van der Waals surface area (Å²) in [5.41, 5.74) is 1.88. The molecule has 82 valence electrons. The number of piperidine rings is 1. The lowest BCUT2D eigenvalue weighted by Crippen LogP contribution is -2.40. The number of para-hydroxylation sites is 1. The van der Waals surface area contributed by atoms with Gasteiger partial charge in [0, 0.05) is 19.5 Å². The van der Waals surface area contributed by atoms with E-state index < -0.39 is 0 Å². The molecule has 0 saturated carbocycles. The molecule has 1 amide bonds. The summed E-state index contributed by atoms with van der Waals surface area (Å²) in [7, 11) is 0. The number of hydrazone groups is 1. The van der Waals surface area contributed by atoms with E-state index in [0.29, 0.717) is 0 Å². The molecule has 0 aromatic heterocycles. The van der Waals surface area contributed by atoms with Crippen LogP contribution in [0.3, 0.4) is 0 Å². The number of hydrogen-bond donors (Lipinski definition) is 1. The zero-order chi connectivity index (χ0) is 11.0. The molecule has 1 unspecified atom stereocenters. The molecular formula is C12H13N3O. The quantitative estimate of drug-likeness (QED) is 0.759. The summed E-state index contributed by atoms with van der Waals surface area (Å²) in [6.45, 7) is 1.65. The van der Waals surface area contributed by atoms with Gasteiger partial charge in [0.25, 0.3) is 5.91 Å². The van der Waals surface area contributed by atoms with E-state index in [1.54, 1.807) is 0 Å². The van der Waals surface area contributed by atoms with E-state index in [2.05, 4.69) is 10.4 Å². The third-order valence-corrected chi connectivity index (χ3v) is 3.04. The summed E-state index contributed by atoms with van der Waals surface area (Å²) >= 11 is 0. The Morgan fingerprint density at radius 1 is 1.31 bits per heavy atom. The molecule has 1 aromatic carbocycles. The summed E-state index contributed by atoms with van der Waals surface area (Å²) in [4.78, 5) is 12.1. The fraction of sp³-hybridized carbons (Fsp3) is 0.333. The van der Waals surface area contributed by atoms with Crippen molar-refractivity contribution in [1.82, 2.24) is 5.32 Å². The van der Waals surface area contributed by atoms with Gasteiger partial charge in [0.1, 0.15) is 0 Å². The van der Waals surface area contributed by atoms with Gasteiger partial charge in [-0.2, -0.15) is 5.10 Å². The Kier molecular flexibility index (Phi) is 2.22. The van der Waals surface area contributed by atoms with Gasteiger partial charge in [-0.05, 0) is 12.1 Å². The Morgan fingerprint density at radius 3 is 2.88 bits per heavy atom. The minimum absolute atomic E-state index is 0.0473. The number of amides is 1. The van der Waals surface area contributed by atoms with Crippen molar-refractivity contribution < 1.29 is 4.79 Å². The highest BCUT2D eigenvalue weighted by Crippen LogP contribution is 2.25. The van der Waals surface area contributed by atoms with Crippen molar-refractivity contribution in [3.05, 3.63) is 30.3 Å². The van der Waals surface area contributed by atoms with Gasteiger partial charge in [-0.25, -0.2) is 5.01 Å². The molecular weight excluding hydrogens is 202 g/mol. The highest BCUT2D eigenvalue weighted by atomic mass is 16.2. The zero-order valence-corrected chi connectivity index (χ0v) is 8.89.